The second-order valence-corrected chi connectivity index (χ2v) is 7.08. The Morgan fingerprint density at radius 2 is 1.83 bits per heavy atom. The highest BCUT2D eigenvalue weighted by atomic mass is 32.1. The van der Waals surface area contributed by atoms with Crippen molar-refractivity contribution in [1.29, 1.82) is 0 Å². The Kier molecular flexibility index (Phi) is 8.47. The van der Waals surface area contributed by atoms with Crippen molar-refractivity contribution in [3.05, 3.63) is 24.3 Å². The third-order valence-electron chi connectivity index (χ3n) is 4.18. The highest BCUT2D eigenvalue weighted by Crippen LogP contribution is 2.23. The molecule has 0 radical (unpaired) electrons. The number of nitrogens with one attached hydrogen (secondary N) is 2. The van der Waals surface area contributed by atoms with Crippen molar-refractivity contribution in [3.8, 4) is 5.75 Å². The first-order valence-electron chi connectivity index (χ1n) is 9.08. The fourth-order valence-corrected chi connectivity index (χ4v) is 3.23. The number of rotatable bonds is 7. The van der Waals surface area contributed by atoms with E-state index >= 15 is 0 Å². The van der Waals surface area contributed by atoms with Gasteiger partial charge in [-0.2, -0.15) is 0 Å². The van der Waals surface area contributed by atoms with E-state index in [1.165, 1.54) is 12.1 Å². The van der Waals surface area contributed by atoms with Gasteiger partial charge in [0.15, 0.2) is 5.11 Å². The number of methoxy groups -OCH3 is 1. The fraction of sp³-hybridized carbons (Fsp3) is 0.556. The van der Waals surface area contributed by atoms with E-state index in [4.69, 9.17) is 17.0 Å². The Bertz CT molecular complexity index is 680. The monoisotopic (exact) mass is 434 g/mol. The van der Waals surface area contributed by atoms with Gasteiger partial charge in [0.2, 0.25) is 5.91 Å². The number of hydrogen-bond acceptors (Lipinski definition) is 5. The maximum atomic E-state index is 12.2. The highest BCUT2D eigenvalue weighted by molar-refractivity contribution is 7.80. The molecule has 0 bridgehead atoms. The van der Waals surface area contributed by atoms with Crippen LogP contribution < -0.4 is 15.4 Å². The van der Waals surface area contributed by atoms with Gasteiger partial charge in [0, 0.05) is 45.0 Å². The predicted octanol–water partition coefficient (Wildman–Crippen LogP) is 2.05. The molecule has 0 aliphatic carbocycles. The quantitative estimate of drug-likeness (QED) is 0.637. The fourth-order valence-electron chi connectivity index (χ4n) is 2.85. The average molecular weight is 434 g/mol. The number of carbonyl (C=O) groups is 1. The summed E-state index contributed by atoms with van der Waals surface area (Å²) < 4.78 is 45.4. The summed E-state index contributed by atoms with van der Waals surface area (Å²) in [6, 6.07) is 5.15. The molecule has 2 rings (SSSR count). The maximum absolute atomic E-state index is 12.2. The van der Waals surface area contributed by atoms with Crippen LogP contribution in [-0.4, -0.2) is 79.7 Å². The normalized spacial score (nSPS) is 16.2. The lowest BCUT2D eigenvalue weighted by Crippen LogP contribution is -2.54. The zero-order valence-corrected chi connectivity index (χ0v) is 17.1. The van der Waals surface area contributed by atoms with Crippen LogP contribution in [0.25, 0.3) is 0 Å². The lowest BCUT2D eigenvalue weighted by Gasteiger charge is -2.36. The van der Waals surface area contributed by atoms with Gasteiger partial charge in [0.1, 0.15) is 5.75 Å². The topological polar surface area (TPSA) is 66.1 Å². The van der Waals surface area contributed by atoms with Crippen LogP contribution in [0.15, 0.2) is 24.3 Å². The number of nitrogens with zero attached hydrogens (tertiary/aromatic N) is 2. The van der Waals surface area contributed by atoms with E-state index in [0.717, 1.165) is 12.1 Å². The molecule has 1 heterocycles. The van der Waals surface area contributed by atoms with E-state index in [2.05, 4.69) is 20.3 Å². The van der Waals surface area contributed by atoms with Crippen molar-refractivity contribution >= 4 is 28.9 Å². The van der Waals surface area contributed by atoms with Crippen LogP contribution in [0.5, 0.6) is 5.75 Å². The zero-order valence-electron chi connectivity index (χ0n) is 16.3. The number of anilines is 1. The summed E-state index contributed by atoms with van der Waals surface area (Å²) in [5.74, 6) is -0.576. The summed E-state index contributed by atoms with van der Waals surface area (Å²) in [6.45, 7) is 5.47. The van der Waals surface area contributed by atoms with Crippen LogP contribution in [-0.2, 0) is 9.53 Å². The van der Waals surface area contributed by atoms with Crippen LogP contribution in [0.4, 0.5) is 18.9 Å². The molecule has 0 aromatic heterocycles. The third-order valence-corrected chi connectivity index (χ3v) is 4.56. The molecule has 7 nitrogen and oxygen atoms in total. The van der Waals surface area contributed by atoms with Gasteiger partial charge in [-0.25, -0.2) is 0 Å². The first kappa shape index (κ1) is 23.2. The average Bonchev–Trinajstić information content (AvgIpc) is 2.63. The van der Waals surface area contributed by atoms with Crippen molar-refractivity contribution in [1.82, 2.24) is 15.1 Å². The molecule has 29 heavy (non-hydrogen) atoms. The number of amides is 1. The number of piperazine rings is 1. The maximum Gasteiger partial charge on any atom is 0.573 e. The van der Waals surface area contributed by atoms with Crippen LogP contribution in [0, 0.1) is 0 Å². The smallest absolute Gasteiger partial charge is 0.406 e. The Morgan fingerprint density at radius 3 is 2.38 bits per heavy atom. The minimum absolute atomic E-state index is 0.115. The van der Waals surface area contributed by atoms with Crippen molar-refractivity contribution < 1.29 is 27.4 Å². The minimum Gasteiger partial charge on any atom is -0.406 e. The van der Waals surface area contributed by atoms with Gasteiger partial charge in [-0.1, -0.05) is 0 Å². The van der Waals surface area contributed by atoms with E-state index in [-0.39, 0.29) is 24.2 Å². The summed E-state index contributed by atoms with van der Waals surface area (Å²) in [4.78, 5) is 16.2. The number of thiocarbonyl (C=S) groups is 1. The van der Waals surface area contributed by atoms with Gasteiger partial charge in [-0.15, -0.1) is 13.2 Å². The lowest BCUT2D eigenvalue weighted by molar-refractivity contribution is -0.274. The second-order valence-electron chi connectivity index (χ2n) is 6.69. The van der Waals surface area contributed by atoms with E-state index < -0.39 is 6.36 Å². The first-order chi connectivity index (χ1) is 13.7. The number of alkyl halides is 3. The summed E-state index contributed by atoms with van der Waals surface area (Å²) >= 11 is 5.40. The lowest BCUT2D eigenvalue weighted by atomic mass is 10.3. The van der Waals surface area contributed by atoms with Crippen molar-refractivity contribution in [2.24, 2.45) is 0 Å². The SMILES string of the molecule is COCC(C)NC(=S)N1CCN(CC(=O)Nc2ccc(OC(F)(F)F)cc2)CC1. The van der Waals surface area contributed by atoms with Gasteiger partial charge in [-0.05, 0) is 43.4 Å². The molecule has 1 unspecified atom stereocenters. The molecule has 1 aromatic carbocycles. The van der Waals surface area contributed by atoms with E-state index in [1.54, 1.807) is 7.11 Å². The van der Waals surface area contributed by atoms with Crippen LogP contribution in [0.2, 0.25) is 0 Å². The van der Waals surface area contributed by atoms with Crippen LogP contribution in [0.1, 0.15) is 6.92 Å². The Balaban J connectivity index is 1.73. The number of halogens is 3. The molecule has 0 saturated carbocycles. The van der Waals surface area contributed by atoms with E-state index in [9.17, 15) is 18.0 Å². The van der Waals surface area contributed by atoms with Gasteiger partial charge in [0.25, 0.3) is 0 Å². The predicted molar refractivity (Wildman–Crippen MR) is 107 cm³/mol. The molecular formula is C18H25F3N4O3S. The molecule has 1 fully saturated rings. The summed E-state index contributed by atoms with van der Waals surface area (Å²) in [5.41, 5.74) is 0.403. The van der Waals surface area contributed by atoms with Crippen LogP contribution in [0.3, 0.4) is 0 Å². The molecule has 1 amide bonds. The van der Waals surface area contributed by atoms with Crippen LogP contribution >= 0.6 is 12.2 Å². The molecule has 1 aromatic rings. The van der Waals surface area contributed by atoms with Gasteiger partial charge >= 0.3 is 6.36 Å². The molecule has 162 valence electrons. The molecule has 2 N–H and O–H groups in total. The Hall–Kier alpha value is -2.11. The van der Waals surface area contributed by atoms with E-state index in [0.29, 0.717) is 43.6 Å². The number of benzene rings is 1. The Labute approximate surface area is 173 Å². The summed E-state index contributed by atoms with van der Waals surface area (Å²) in [5, 5.41) is 6.55. The summed E-state index contributed by atoms with van der Waals surface area (Å²) in [7, 11) is 1.63. The molecule has 1 aliphatic rings. The van der Waals surface area contributed by atoms with Crippen molar-refractivity contribution in [2.45, 2.75) is 19.3 Å². The standard InChI is InChI=1S/C18H25F3N4O3S/c1-13(12-27-2)22-17(29)25-9-7-24(8-10-25)11-16(26)23-14-3-5-15(6-4-14)28-18(19,20)21/h3-6,13H,7-12H2,1-2H3,(H,22,29)(H,23,26). The molecule has 1 saturated heterocycles. The van der Waals surface area contributed by atoms with Gasteiger partial charge in [0.05, 0.1) is 13.2 Å². The third kappa shape index (κ3) is 8.42. The second kappa shape index (κ2) is 10.6. The van der Waals surface area contributed by atoms with E-state index in [1.807, 2.05) is 11.8 Å². The number of hydrogen-bond donors (Lipinski definition) is 2. The zero-order chi connectivity index (χ0) is 21.4. The van der Waals surface area contributed by atoms with Crippen molar-refractivity contribution in [3.63, 3.8) is 0 Å². The summed E-state index contributed by atoms with van der Waals surface area (Å²) in [6.07, 6.45) is -4.74. The highest BCUT2D eigenvalue weighted by Gasteiger charge is 2.31. The Morgan fingerprint density at radius 1 is 1.21 bits per heavy atom. The first-order valence-corrected chi connectivity index (χ1v) is 9.49. The van der Waals surface area contributed by atoms with Gasteiger partial charge < -0.3 is 25.0 Å². The molecule has 1 aliphatic heterocycles. The largest absolute Gasteiger partial charge is 0.573 e. The molecular weight excluding hydrogens is 409 g/mol. The number of carbonyl (C=O) groups excluding carboxylic acids is 1. The molecule has 1 atom stereocenters. The molecule has 11 heteroatoms. The number of ether oxygens (including phenoxy) is 2. The van der Waals surface area contributed by atoms with Gasteiger partial charge in [-0.3, -0.25) is 9.69 Å². The molecule has 0 spiro atoms. The van der Waals surface area contributed by atoms with Crippen molar-refractivity contribution in [2.75, 3.05) is 51.8 Å². The minimum atomic E-state index is -4.74.